The fourth-order valence-electron chi connectivity index (χ4n) is 6.55. The van der Waals surface area contributed by atoms with Crippen molar-refractivity contribution in [3.05, 3.63) is 94.8 Å². The van der Waals surface area contributed by atoms with Crippen LogP contribution in [0.15, 0.2) is 73.1 Å². The second kappa shape index (κ2) is 13.2. The lowest BCUT2D eigenvalue weighted by molar-refractivity contribution is -0.118. The highest BCUT2D eigenvalue weighted by Gasteiger charge is 2.31. The number of fused-ring (bicyclic) bond motifs is 1. The van der Waals surface area contributed by atoms with Gasteiger partial charge in [0.05, 0.1) is 22.4 Å². The van der Waals surface area contributed by atoms with E-state index in [-0.39, 0.29) is 23.2 Å². The highest BCUT2D eigenvalue weighted by molar-refractivity contribution is 7.91. The van der Waals surface area contributed by atoms with Gasteiger partial charge in [-0.2, -0.15) is 0 Å². The number of hydrogen-bond donors (Lipinski definition) is 1. The number of sulfone groups is 1. The molecule has 1 atom stereocenters. The summed E-state index contributed by atoms with van der Waals surface area (Å²) >= 11 is 6.83. The maximum Gasteiger partial charge on any atom is 0.233 e. The van der Waals surface area contributed by atoms with Crippen LogP contribution in [0.25, 0.3) is 10.9 Å². The van der Waals surface area contributed by atoms with Crippen LogP contribution in [0.1, 0.15) is 59.5 Å². The Morgan fingerprint density at radius 2 is 1.70 bits per heavy atom. The van der Waals surface area contributed by atoms with Crippen LogP contribution < -0.4 is 5.32 Å². The Labute approximate surface area is 263 Å². The predicted octanol–water partition coefficient (Wildman–Crippen LogP) is 5.95. The molecule has 2 aromatic carbocycles. The smallest absolute Gasteiger partial charge is 0.233 e. The third-order valence-corrected chi connectivity index (χ3v) is 10.9. The molecule has 1 unspecified atom stereocenters. The van der Waals surface area contributed by atoms with Gasteiger partial charge in [-0.15, -0.1) is 0 Å². The van der Waals surface area contributed by atoms with Crippen molar-refractivity contribution < 1.29 is 18.0 Å². The molecule has 8 nitrogen and oxygen atoms in total. The maximum absolute atomic E-state index is 14.0. The van der Waals surface area contributed by atoms with Crippen molar-refractivity contribution in [3.8, 4) is 0 Å². The number of anilines is 1. The van der Waals surface area contributed by atoms with E-state index < -0.39 is 15.8 Å². The van der Waals surface area contributed by atoms with Gasteiger partial charge in [0.1, 0.15) is 5.82 Å². The van der Waals surface area contributed by atoms with Crippen molar-refractivity contribution in [2.24, 2.45) is 5.92 Å². The number of benzene rings is 2. The van der Waals surface area contributed by atoms with Crippen molar-refractivity contribution in [3.63, 3.8) is 0 Å². The summed E-state index contributed by atoms with van der Waals surface area (Å²) in [4.78, 5) is 34.0. The number of nitrogens with one attached hydrogen (secondary N) is 1. The zero-order valence-electron chi connectivity index (χ0n) is 24.6. The van der Waals surface area contributed by atoms with E-state index in [9.17, 15) is 18.0 Å². The minimum absolute atomic E-state index is 0.114. The molecule has 0 bridgehead atoms. The van der Waals surface area contributed by atoms with E-state index in [0.717, 1.165) is 29.3 Å². The first-order valence-corrected chi connectivity index (χ1v) is 17.5. The molecule has 1 saturated carbocycles. The molecule has 2 aliphatic rings. The molecule has 10 heteroatoms. The molecule has 1 saturated heterocycles. The second-order valence-electron chi connectivity index (χ2n) is 12.0. The van der Waals surface area contributed by atoms with Crippen molar-refractivity contribution in [2.75, 3.05) is 36.5 Å². The Kier molecular flexibility index (Phi) is 9.16. The number of carbonyl (C=O) groups excluding carboxylic acids is 2. The molecule has 44 heavy (non-hydrogen) atoms. The molecule has 1 aliphatic heterocycles. The maximum atomic E-state index is 14.0. The molecule has 1 amide bonds. The van der Waals surface area contributed by atoms with E-state index >= 15 is 0 Å². The quantitative estimate of drug-likeness (QED) is 0.217. The Bertz CT molecular complexity index is 1740. The van der Waals surface area contributed by atoms with Crippen molar-refractivity contribution >= 4 is 49.8 Å². The average Bonchev–Trinajstić information content (AvgIpc) is 3.67. The standard InChI is InChI=1S/C34H37ClN4O4S/c35-30-21-26-29(27(20-24-8-4-5-9-24)34(41)37-32-12-6-7-13-36-32)23-39(15-14-38-16-18-44(42,43)19-17-38)31(26)22-28(30)33(40)25-10-2-1-3-11-25/h1-3,6-7,10-13,21-24,27H,4-5,8-9,14-20H2,(H,36,37,41). The predicted molar refractivity (Wildman–Crippen MR) is 174 cm³/mol. The molecule has 0 spiro atoms. The lowest BCUT2D eigenvalue weighted by Crippen LogP contribution is -2.41. The van der Waals surface area contributed by atoms with E-state index in [4.69, 9.17) is 11.6 Å². The average molecular weight is 633 g/mol. The van der Waals surface area contributed by atoms with Gasteiger partial charge in [0.15, 0.2) is 15.6 Å². The molecule has 6 rings (SSSR count). The minimum Gasteiger partial charge on any atom is -0.346 e. The van der Waals surface area contributed by atoms with Gasteiger partial charge in [-0.1, -0.05) is 73.7 Å². The van der Waals surface area contributed by atoms with Crippen LogP contribution in [0.2, 0.25) is 5.02 Å². The number of aromatic nitrogens is 2. The Morgan fingerprint density at radius 3 is 2.41 bits per heavy atom. The molecule has 2 fully saturated rings. The number of hydrogen-bond acceptors (Lipinski definition) is 6. The zero-order chi connectivity index (χ0) is 30.7. The lowest BCUT2D eigenvalue weighted by Gasteiger charge is -2.26. The SMILES string of the molecule is O=C(c1ccccc1)c1cc2c(cc1Cl)c(C(CC1CCCC1)C(=O)Nc1ccccn1)cn2CCN1CCS(=O)(=O)CC1. The van der Waals surface area contributed by atoms with E-state index in [1.807, 2.05) is 48.7 Å². The highest BCUT2D eigenvalue weighted by Crippen LogP contribution is 2.39. The monoisotopic (exact) mass is 632 g/mol. The van der Waals surface area contributed by atoms with Gasteiger partial charge < -0.3 is 9.88 Å². The molecular weight excluding hydrogens is 596 g/mol. The molecule has 1 N–H and O–H groups in total. The van der Waals surface area contributed by atoms with Gasteiger partial charge in [-0.3, -0.25) is 14.5 Å². The van der Waals surface area contributed by atoms with Crippen LogP contribution in [-0.4, -0.2) is 65.7 Å². The van der Waals surface area contributed by atoms with Gasteiger partial charge in [0, 0.05) is 60.6 Å². The molecule has 3 heterocycles. The van der Waals surface area contributed by atoms with E-state index in [2.05, 4.69) is 19.8 Å². The lowest BCUT2D eigenvalue weighted by atomic mass is 9.86. The van der Waals surface area contributed by atoms with Crippen molar-refractivity contribution in [2.45, 2.75) is 44.6 Å². The van der Waals surface area contributed by atoms with Crippen LogP contribution in [0.4, 0.5) is 5.82 Å². The first-order valence-electron chi connectivity index (χ1n) is 15.3. The second-order valence-corrected chi connectivity index (χ2v) is 14.7. The summed E-state index contributed by atoms with van der Waals surface area (Å²) in [6.45, 7) is 2.22. The minimum atomic E-state index is -2.98. The van der Waals surface area contributed by atoms with Crippen LogP contribution in [0, 0.1) is 5.92 Å². The van der Waals surface area contributed by atoms with E-state index in [1.165, 1.54) is 12.8 Å². The Hall–Kier alpha value is -3.53. The van der Waals surface area contributed by atoms with Crippen molar-refractivity contribution in [1.29, 1.82) is 0 Å². The number of pyridine rings is 1. The topological polar surface area (TPSA) is 101 Å². The largest absolute Gasteiger partial charge is 0.346 e. The third kappa shape index (κ3) is 6.90. The fourth-order valence-corrected chi connectivity index (χ4v) is 8.07. The zero-order valence-corrected chi connectivity index (χ0v) is 26.2. The normalized spacial score (nSPS) is 17.9. The van der Waals surface area contributed by atoms with Gasteiger partial charge in [-0.05, 0) is 42.2 Å². The van der Waals surface area contributed by atoms with Crippen LogP contribution in [0.3, 0.4) is 0 Å². The summed E-state index contributed by atoms with van der Waals surface area (Å²) in [6, 6.07) is 18.2. The third-order valence-electron chi connectivity index (χ3n) is 9.03. The van der Waals surface area contributed by atoms with Gasteiger partial charge >= 0.3 is 0 Å². The summed E-state index contributed by atoms with van der Waals surface area (Å²) in [5.74, 6) is 0.556. The Morgan fingerprint density at radius 1 is 0.977 bits per heavy atom. The van der Waals surface area contributed by atoms with E-state index in [0.29, 0.717) is 60.5 Å². The number of ketones is 1. The summed E-state index contributed by atoms with van der Waals surface area (Å²) in [7, 11) is -2.98. The van der Waals surface area contributed by atoms with Crippen LogP contribution in [-0.2, 0) is 21.2 Å². The summed E-state index contributed by atoms with van der Waals surface area (Å²) in [5.41, 5.74) is 2.67. The molecule has 230 valence electrons. The first kappa shape index (κ1) is 30.5. The fraction of sp³-hybridized carbons (Fsp3) is 0.382. The molecule has 2 aromatic heterocycles. The number of amides is 1. The Balaban J connectivity index is 1.40. The molecule has 0 radical (unpaired) electrons. The summed E-state index contributed by atoms with van der Waals surface area (Å²) in [6.07, 6.45) is 8.94. The van der Waals surface area contributed by atoms with Crippen LogP contribution >= 0.6 is 11.6 Å². The number of rotatable bonds is 10. The van der Waals surface area contributed by atoms with Gasteiger partial charge in [0.25, 0.3) is 0 Å². The van der Waals surface area contributed by atoms with E-state index in [1.54, 1.807) is 24.4 Å². The number of halogens is 1. The molecule has 1 aliphatic carbocycles. The molecule has 4 aromatic rings. The van der Waals surface area contributed by atoms with Crippen LogP contribution in [0.5, 0.6) is 0 Å². The van der Waals surface area contributed by atoms with Gasteiger partial charge in [0.2, 0.25) is 5.91 Å². The summed E-state index contributed by atoms with van der Waals surface area (Å²) < 4.78 is 26.1. The molecular formula is C34H37ClN4O4S. The first-order chi connectivity index (χ1) is 21.3. The highest BCUT2D eigenvalue weighted by atomic mass is 35.5. The summed E-state index contributed by atoms with van der Waals surface area (Å²) in [5, 5.41) is 4.23. The number of carbonyl (C=O) groups is 2. The number of nitrogens with zero attached hydrogens (tertiary/aromatic N) is 3. The van der Waals surface area contributed by atoms with Crippen molar-refractivity contribution in [1.82, 2.24) is 14.5 Å². The van der Waals surface area contributed by atoms with Gasteiger partial charge in [-0.25, -0.2) is 13.4 Å².